The molecule has 0 bridgehead atoms. The third kappa shape index (κ3) is 4.35. The first kappa shape index (κ1) is 19.1. The predicted octanol–water partition coefficient (Wildman–Crippen LogP) is 3.91. The van der Waals surface area contributed by atoms with Gasteiger partial charge in [-0.2, -0.15) is 0 Å². The molecule has 1 saturated heterocycles. The van der Waals surface area contributed by atoms with Crippen LogP contribution in [0, 0.1) is 5.92 Å². The second kappa shape index (κ2) is 8.34. The number of hydrogen-bond acceptors (Lipinski definition) is 3. The van der Waals surface area contributed by atoms with Gasteiger partial charge in [0.25, 0.3) is 0 Å². The Morgan fingerprint density at radius 3 is 2.31 bits per heavy atom. The highest BCUT2D eigenvalue weighted by atomic mass is 16.5. The van der Waals surface area contributed by atoms with Crippen molar-refractivity contribution in [2.75, 3.05) is 19.8 Å². The summed E-state index contributed by atoms with van der Waals surface area (Å²) in [6.45, 7) is 6.84. The topological polar surface area (TPSA) is 41.5 Å². The number of ether oxygens (including phenoxy) is 1. The maximum absolute atomic E-state index is 10.3. The van der Waals surface area contributed by atoms with Crippen molar-refractivity contribution in [2.45, 2.75) is 44.2 Å². The zero-order chi connectivity index (χ0) is 18.5. The van der Waals surface area contributed by atoms with Crippen molar-refractivity contribution in [3.63, 3.8) is 0 Å². The minimum Gasteiger partial charge on any atom is -0.396 e. The van der Waals surface area contributed by atoms with E-state index in [1.165, 1.54) is 11.1 Å². The Kier molecular flexibility index (Phi) is 6.13. The summed E-state index contributed by atoms with van der Waals surface area (Å²) in [5.41, 5.74) is 2.34. The number of benzene rings is 2. The third-order valence-electron chi connectivity index (χ3n) is 5.70. The van der Waals surface area contributed by atoms with Gasteiger partial charge in [0.2, 0.25) is 0 Å². The van der Waals surface area contributed by atoms with E-state index in [0.29, 0.717) is 0 Å². The second-order valence-corrected chi connectivity index (χ2v) is 8.05. The highest BCUT2D eigenvalue weighted by Crippen LogP contribution is 2.46. The van der Waals surface area contributed by atoms with Crippen LogP contribution in [0.25, 0.3) is 0 Å². The van der Waals surface area contributed by atoms with Crippen molar-refractivity contribution in [3.05, 3.63) is 71.8 Å². The van der Waals surface area contributed by atoms with Crippen molar-refractivity contribution in [1.29, 1.82) is 0 Å². The van der Waals surface area contributed by atoms with Gasteiger partial charge in [0.1, 0.15) is 0 Å². The molecule has 1 fully saturated rings. The largest absolute Gasteiger partial charge is 0.396 e. The van der Waals surface area contributed by atoms with Gasteiger partial charge in [-0.15, -0.1) is 0 Å². The molecule has 0 amide bonds. The van der Waals surface area contributed by atoms with E-state index < -0.39 is 0 Å². The Bertz CT molecular complexity index is 671. The highest BCUT2D eigenvalue weighted by molar-refractivity contribution is 5.28. The summed E-state index contributed by atoms with van der Waals surface area (Å²) in [6.07, 6.45) is 1.86. The minimum absolute atomic E-state index is 0.0680. The summed E-state index contributed by atoms with van der Waals surface area (Å²) in [5.74, 6) is 0.150. The molecule has 0 aromatic heterocycles. The predicted molar refractivity (Wildman–Crippen MR) is 106 cm³/mol. The summed E-state index contributed by atoms with van der Waals surface area (Å²) in [6, 6.07) is 21.1. The first-order valence-corrected chi connectivity index (χ1v) is 9.61. The fourth-order valence-corrected chi connectivity index (χ4v) is 4.43. The van der Waals surface area contributed by atoms with Crippen molar-refractivity contribution in [1.82, 2.24) is 5.32 Å². The van der Waals surface area contributed by atoms with Crippen LogP contribution in [-0.2, 0) is 16.7 Å². The average Bonchev–Trinajstić information content (AvgIpc) is 2.66. The van der Waals surface area contributed by atoms with Crippen LogP contribution in [0.15, 0.2) is 60.7 Å². The van der Waals surface area contributed by atoms with Crippen LogP contribution in [0.5, 0.6) is 0 Å². The van der Waals surface area contributed by atoms with E-state index in [1.54, 1.807) is 0 Å². The van der Waals surface area contributed by atoms with E-state index in [1.807, 2.05) is 6.07 Å². The van der Waals surface area contributed by atoms with Gasteiger partial charge >= 0.3 is 0 Å². The smallest absolute Gasteiger partial charge is 0.0635 e. The Morgan fingerprint density at radius 1 is 1.04 bits per heavy atom. The molecule has 0 saturated carbocycles. The van der Waals surface area contributed by atoms with Gasteiger partial charge in [0.05, 0.1) is 5.60 Å². The molecule has 26 heavy (non-hydrogen) atoms. The zero-order valence-corrected chi connectivity index (χ0v) is 15.9. The molecule has 1 heterocycles. The van der Waals surface area contributed by atoms with Gasteiger partial charge in [-0.05, 0) is 37.8 Å². The van der Waals surface area contributed by atoms with E-state index >= 15 is 0 Å². The molecule has 1 aliphatic heterocycles. The lowest BCUT2D eigenvalue weighted by atomic mass is 9.62. The average molecular weight is 354 g/mol. The molecule has 2 atom stereocenters. The molecule has 2 aromatic rings. The molecular weight excluding hydrogens is 322 g/mol. The molecule has 2 aromatic carbocycles. The van der Waals surface area contributed by atoms with E-state index in [0.717, 1.165) is 32.5 Å². The molecule has 2 N–H and O–H groups in total. The maximum atomic E-state index is 10.3. The lowest BCUT2D eigenvalue weighted by Crippen LogP contribution is -2.51. The van der Waals surface area contributed by atoms with Crippen LogP contribution in [0.2, 0.25) is 0 Å². The van der Waals surface area contributed by atoms with E-state index in [-0.39, 0.29) is 23.5 Å². The van der Waals surface area contributed by atoms with Crippen LogP contribution >= 0.6 is 0 Å². The second-order valence-electron chi connectivity index (χ2n) is 8.05. The molecule has 3 rings (SSSR count). The zero-order valence-electron chi connectivity index (χ0n) is 15.9. The van der Waals surface area contributed by atoms with E-state index in [9.17, 15) is 5.11 Å². The number of rotatable bonds is 7. The van der Waals surface area contributed by atoms with E-state index in [4.69, 9.17) is 4.74 Å². The minimum atomic E-state index is -0.180. The molecular formula is C23H31NO2. The number of nitrogens with one attached hydrogen (secondary N) is 1. The Morgan fingerprint density at radius 2 is 1.69 bits per heavy atom. The molecule has 0 unspecified atom stereocenters. The Balaban J connectivity index is 1.80. The monoisotopic (exact) mass is 353 g/mol. The Hall–Kier alpha value is -1.68. The number of aliphatic hydroxyl groups excluding tert-OH is 1. The van der Waals surface area contributed by atoms with Gasteiger partial charge in [-0.1, -0.05) is 60.7 Å². The van der Waals surface area contributed by atoms with Gasteiger partial charge < -0.3 is 15.2 Å². The highest BCUT2D eigenvalue weighted by Gasteiger charge is 2.46. The lowest BCUT2D eigenvalue weighted by molar-refractivity contribution is -0.0991. The summed E-state index contributed by atoms with van der Waals surface area (Å²) in [5, 5.41) is 13.9. The molecule has 1 aliphatic rings. The fourth-order valence-electron chi connectivity index (χ4n) is 4.43. The van der Waals surface area contributed by atoms with Crippen molar-refractivity contribution in [3.8, 4) is 0 Å². The van der Waals surface area contributed by atoms with Crippen molar-refractivity contribution >= 4 is 0 Å². The molecule has 0 aliphatic carbocycles. The quantitative estimate of drug-likeness (QED) is 0.793. The van der Waals surface area contributed by atoms with Crippen LogP contribution in [0.4, 0.5) is 0 Å². The first-order chi connectivity index (χ1) is 12.6. The lowest BCUT2D eigenvalue weighted by Gasteiger charge is -2.49. The van der Waals surface area contributed by atoms with Crippen LogP contribution in [-0.4, -0.2) is 30.5 Å². The summed E-state index contributed by atoms with van der Waals surface area (Å²) < 4.78 is 6.01. The molecule has 140 valence electrons. The molecule has 3 nitrogen and oxygen atoms in total. The van der Waals surface area contributed by atoms with Crippen LogP contribution < -0.4 is 5.32 Å². The fraction of sp³-hybridized carbons (Fsp3) is 0.478. The first-order valence-electron chi connectivity index (χ1n) is 9.61. The third-order valence-corrected chi connectivity index (χ3v) is 5.70. The van der Waals surface area contributed by atoms with Crippen LogP contribution in [0.3, 0.4) is 0 Å². The summed E-state index contributed by atoms with van der Waals surface area (Å²) in [4.78, 5) is 0. The number of aliphatic hydroxyl groups is 1. The van der Waals surface area contributed by atoms with Gasteiger partial charge in [0.15, 0.2) is 0 Å². The normalized spacial score (nSPS) is 23.5. The summed E-state index contributed by atoms with van der Waals surface area (Å²) >= 11 is 0. The van der Waals surface area contributed by atoms with Crippen molar-refractivity contribution in [2.24, 2.45) is 5.92 Å². The molecule has 0 radical (unpaired) electrons. The number of hydrogen-bond donors (Lipinski definition) is 2. The van der Waals surface area contributed by atoms with Gasteiger partial charge in [-0.3, -0.25) is 0 Å². The van der Waals surface area contributed by atoms with E-state index in [2.05, 4.69) is 73.8 Å². The maximum Gasteiger partial charge on any atom is 0.0635 e. The standard InChI is InChI=1S/C23H31NO2/c1-22(2)18-23(13-14-26-22,20-11-7-4-8-12-20)21(17-25)16-24-15-19-9-5-3-6-10-19/h3-12,21,24-25H,13-18H2,1-2H3/t21-,23-/m1/s1. The van der Waals surface area contributed by atoms with Gasteiger partial charge in [0, 0.05) is 37.6 Å². The molecule has 3 heteroatoms. The van der Waals surface area contributed by atoms with Crippen LogP contribution in [0.1, 0.15) is 37.8 Å². The Labute approximate surface area is 157 Å². The molecule has 0 spiro atoms. The summed E-state index contributed by atoms with van der Waals surface area (Å²) in [7, 11) is 0. The SMILES string of the molecule is CC1(C)C[C@](c2ccccc2)([C@@H](CO)CNCc2ccccc2)CCO1. The van der Waals surface area contributed by atoms with Gasteiger partial charge in [-0.25, -0.2) is 0 Å². The van der Waals surface area contributed by atoms with Crippen molar-refractivity contribution < 1.29 is 9.84 Å².